The second kappa shape index (κ2) is 5.75. The molecule has 0 spiro atoms. The van der Waals surface area contributed by atoms with E-state index in [0.29, 0.717) is 28.8 Å². The van der Waals surface area contributed by atoms with Gasteiger partial charge >= 0.3 is 0 Å². The number of rotatable bonds is 2. The average Bonchev–Trinajstić information content (AvgIpc) is 2.52. The van der Waals surface area contributed by atoms with Gasteiger partial charge in [0.15, 0.2) is 9.84 Å². The van der Waals surface area contributed by atoms with E-state index in [0.717, 1.165) is 0 Å². The van der Waals surface area contributed by atoms with E-state index in [-0.39, 0.29) is 22.6 Å². The topological polar surface area (TPSA) is 102 Å². The Morgan fingerprint density at radius 3 is 2.65 bits per heavy atom. The zero-order chi connectivity index (χ0) is 16.6. The number of anilines is 1. The summed E-state index contributed by atoms with van der Waals surface area (Å²) < 4.78 is 24.8. The van der Waals surface area contributed by atoms with Crippen LogP contribution >= 0.6 is 0 Å². The SMILES string of the molecule is Cc1c(C(=O)Nc2ccncc2)ccc2c1S(=O)(=O)CCC2N. The van der Waals surface area contributed by atoms with Crippen molar-refractivity contribution in [2.24, 2.45) is 5.73 Å². The monoisotopic (exact) mass is 331 g/mol. The molecule has 1 aliphatic heterocycles. The van der Waals surface area contributed by atoms with Gasteiger partial charge in [-0.3, -0.25) is 9.78 Å². The lowest BCUT2D eigenvalue weighted by atomic mass is 9.98. The van der Waals surface area contributed by atoms with Gasteiger partial charge < -0.3 is 11.1 Å². The lowest BCUT2D eigenvalue weighted by molar-refractivity contribution is 0.102. The number of nitrogens with one attached hydrogen (secondary N) is 1. The maximum Gasteiger partial charge on any atom is 0.255 e. The van der Waals surface area contributed by atoms with Gasteiger partial charge in [0.2, 0.25) is 0 Å². The number of carbonyl (C=O) groups is 1. The molecule has 0 saturated carbocycles. The predicted octanol–water partition coefficient (Wildman–Crippen LogP) is 1.82. The molecular weight excluding hydrogens is 314 g/mol. The van der Waals surface area contributed by atoms with Gasteiger partial charge in [-0.2, -0.15) is 0 Å². The van der Waals surface area contributed by atoms with Crippen LogP contribution in [-0.4, -0.2) is 25.1 Å². The molecule has 23 heavy (non-hydrogen) atoms. The molecule has 3 N–H and O–H groups in total. The number of hydrogen-bond donors (Lipinski definition) is 2. The number of amides is 1. The van der Waals surface area contributed by atoms with Crippen molar-refractivity contribution in [2.75, 3.05) is 11.1 Å². The van der Waals surface area contributed by atoms with Crippen molar-refractivity contribution in [1.29, 1.82) is 0 Å². The zero-order valence-electron chi connectivity index (χ0n) is 12.6. The molecule has 1 aromatic carbocycles. The molecule has 2 aromatic rings. The third-order valence-electron chi connectivity index (χ3n) is 4.03. The highest BCUT2D eigenvalue weighted by molar-refractivity contribution is 7.91. The van der Waals surface area contributed by atoms with E-state index >= 15 is 0 Å². The maximum absolute atomic E-state index is 12.5. The van der Waals surface area contributed by atoms with Crippen molar-refractivity contribution >= 4 is 21.4 Å². The molecule has 7 heteroatoms. The van der Waals surface area contributed by atoms with Crippen LogP contribution in [0.5, 0.6) is 0 Å². The summed E-state index contributed by atoms with van der Waals surface area (Å²) in [5.74, 6) is -0.344. The molecule has 120 valence electrons. The van der Waals surface area contributed by atoms with E-state index in [1.165, 1.54) is 0 Å². The van der Waals surface area contributed by atoms with E-state index in [9.17, 15) is 13.2 Å². The molecule has 1 aliphatic rings. The predicted molar refractivity (Wildman–Crippen MR) is 87.0 cm³/mol. The van der Waals surface area contributed by atoms with E-state index in [4.69, 9.17) is 5.73 Å². The van der Waals surface area contributed by atoms with Crippen LogP contribution in [0, 0.1) is 6.92 Å². The molecular formula is C16H17N3O3S. The number of aromatic nitrogens is 1. The quantitative estimate of drug-likeness (QED) is 0.874. The Labute approximate surface area is 134 Å². The summed E-state index contributed by atoms with van der Waals surface area (Å²) in [6.07, 6.45) is 3.54. The number of pyridine rings is 1. The fourth-order valence-corrected chi connectivity index (χ4v) is 4.76. The van der Waals surface area contributed by atoms with Crippen LogP contribution in [0.1, 0.15) is 33.9 Å². The van der Waals surface area contributed by atoms with Crippen molar-refractivity contribution in [3.05, 3.63) is 53.3 Å². The molecule has 0 aliphatic carbocycles. The minimum atomic E-state index is -3.40. The van der Waals surface area contributed by atoms with Crippen LogP contribution in [0.2, 0.25) is 0 Å². The van der Waals surface area contributed by atoms with Crippen LogP contribution in [0.4, 0.5) is 5.69 Å². The average molecular weight is 331 g/mol. The summed E-state index contributed by atoms with van der Waals surface area (Å²) in [5.41, 5.74) is 7.98. The first kappa shape index (κ1) is 15.6. The Bertz CT molecular complexity index is 864. The molecule has 0 saturated heterocycles. The van der Waals surface area contributed by atoms with E-state index < -0.39 is 9.84 Å². The molecule has 0 bridgehead atoms. The Kier molecular flexibility index (Phi) is 3.91. The summed E-state index contributed by atoms with van der Waals surface area (Å²) in [7, 11) is -3.40. The Balaban J connectivity index is 2.04. The molecule has 1 aromatic heterocycles. The summed E-state index contributed by atoms with van der Waals surface area (Å²) in [6.45, 7) is 1.65. The van der Waals surface area contributed by atoms with Crippen molar-refractivity contribution < 1.29 is 13.2 Å². The van der Waals surface area contributed by atoms with Crippen molar-refractivity contribution in [1.82, 2.24) is 4.98 Å². The van der Waals surface area contributed by atoms with Crippen LogP contribution in [0.25, 0.3) is 0 Å². The molecule has 0 fully saturated rings. The van der Waals surface area contributed by atoms with Gasteiger partial charge in [-0.25, -0.2) is 8.42 Å². The lowest BCUT2D eigenvalue weighted by Crippen LogP contribution is -2.27. The zero-order valence-corrected chi connectivity index (χ0v) is 13.4. The molecule has 1 atom stereocenters. The van der Waals surface area contributed by atoms with E-state index in [1.807, 2.05) is 0 Å². The first-order valence-corrected chi connectivity index (χ1v) is 8.88. The number of sulfone groups is 1. The number of nitrogens with zero attached hydrogens (tertiary/aromatic N) is 1. The van der Waals surface area contributed by atoms with Crippen LogP contribution in [-0.2, 0) is 9.84 Å². The van der Waals surface area contributed by atoms with Crippen molar-refractivity contribution in [3.8, 4) is 0 Å². The van der Waals surface area contributed by atoms with Gasteiger partial charge in [0.05, 0.1) is 10.6 Å². The first-order chi connectivity index (χ1) is 10.9. The van der Waals surface area contributed by atoms with Gasteiger partial charge in [0.1, 0.15) is 0 Å². The van der Waals surface area contributed by atoms with Crippen molar-refractivity contribution in [3.63, 3.8) is 0 Å². The fourth-order valence-electron chi connectivity index (χ4n) is 2.84. The van der Waals surface area contributed by atoms with E-state index in [1.54, 1.807) is 43.6 Å². The summed E-state index contributed by atoms with van der Waals surface area (Å²) in [5, 5.41) is 2.74. The third kappa shape index (κ3) is 2.85. The van der Waals surface area contributed by atoms with Gasteiger partial charge in [-0.1, -0.05) is 6.07 Å². The highest BCUT2D eigenvalue weighted by Crippen LogP contribution is 2.34. The molecule has 3 rings (SSSR count). The summed E-state index contributed by atoms with van der Waals surface area (Å²) in [6, 6.07) is 6.29. The van der Waals surface area contributed by atoms with Crippen LogP contribution in [0.15, 0.2) is 41.6 Å². The highest BCUT2D eigenvalue weighted by Gasteiger charge is 2.31. The Morgan fingerprint density at radius 2 is 1.96 bits per heavy atom. The number of carbonyl (C=O) groups excluding carboxylic acids is 1. The molecule has 6 nitrogen and oxygen atoms in total. The standard InChI is InChI=1S/C16H17N3O3S/c1-10-12(16(20)19-11-4-7-18-8-5-11)2-3-13-14(17)6-9-23(21,22)15(10)13/h2-5,7-8,14H,6,9,17H2,1H3,(H,18,19,20). The second-order valence-electron chi connectivity index (χ2n) is 5.56. The second-order valence-corrected chi connectivity index (χ2v) is 7.61. The minimum Gasteiger partial charge on any atom is -0.324 e. The largest absolute Gasteiger partial charge is 0.324 e. The molecule has 0 radical (unpaired) electrons. The van der Waals surface area contributed by atoms with Gasteiger partial charge in [0, 0.05) is 29.7 Å². The number of nitrogens with two attached hydrogens (primary N) is 1. The van der Waals surface area contributed by atoms with Crippen molar-refractivity contribution in [2.45, 2.75) is 24.3 Å². The number of hydrogen-bond acceptors (Lipinski definition) is 5. The smallest absolute Gasteiger partial charge is 0.255 e. The number of fused-ring (bicyclic) bond motifs is 1. The fraction of sp³-hybridized carbons (Fsp3) is 0.250. The minimum absolute atomic E-state index is 0.0113. The molecule has 2 heterocycles. The van der Waals surface area contributed by atoms with Gasteiger partial charge in [0.25, 0.3) is 5.91 Å². The normalized spacial score (nSPS) is 19.0. The van der Waals surface area contributed by atoms with E-state index in [2.05, 4.69) is 10.3 Å². The molecule has 1 unspecified atom stereocenters. The third-order valence-corrected chi connectivity index (χ3v) is 5.96. The van der Waals surface area contributed by atoms with Crippen LogP contribution in [0.3, 0.4) is 0 Å². The number of benzene rings is 1. The maximum atomic E-state index is 12.5. The summed E-state index contributed by atoms with van der Waals surface area (Å²) >= 11 is 0. The highest BCUT2D eigenvalue weighted by atomic mass is 32.2. The molecule has 1 amide bonds. The first-order valence-electron chi connectivity index (χ1n) is 7.23. The van der Waals surface area contributed by atoms with Gasteiger partial charge in [-0.05, 0) is 42.7 Å². The van der Waals surface area contributed by atoms with Crippen LogP contribution < -0.4 is 11.1 Å². The Hall–Kier alpha value is -2.25. The lowest BCUT2D eigenvalue weighted by Gasteiger charge is -2.25. The Morgan fingerprint density at radius 1 is 1.26 bits per heavy atom. The van der Waals surface area contributed by atoms with Gasteiger partial charge in [-0.15, -0.1) is 0 Å². The summed E-state index contributed by atoms with van der Waals surface area (Å²) in [4.78, 5) is 16.5.